The normalized spacial score (nSPS) is 20.6. The maximum absolute atomic E-state index is 6.08. The number of fused-ring (bicyclic) bond motifs is 3. The number of nitrogens with one attached hydrogen (secondary N) is 1. The van der Waals surface area contributed by atoms with Gasteiger partial charge in [0.25, 0.3) is 0 Å². The highest BCUT2D eigenvalue weighted by Crippen LogP contribution is 2.36. The molecule has 4 nitrogen and oxygen atoms in total. The molecule has 0 saturated carbocycles. The summed E-state index contributed by atoms with van der Waals surface area (Å²) in [5.74, 6) is 1.91. The van der Waals surface area contributed by atoms with Gasteiger partial charge in [-0.2, -0.15) is 0 Å². The van der Waals surface area contributed by atoms with Gasteiger partial charge in [-0.05, 0) is 30.3 Å². The van der Waals surface area contributed by atoms with E-state index in [-0.39, 0.29) is 6.17 Å². The third-order valence-corrected chi connectivity index (χ3v) is 3.75. The number of nitrogens with zero attached hydrogens (tertiary/aromatic N) is 2. The smallest absolute Gasteiger partial charge is 0.160 e. The second-order valence-corrected chi connectivity index (χ2v) is 5.09. The van der Waals surface area contributed by atoms with Crippen molar-refractivity contribution in [3.8, 4) is 0 Å². The lowest BCUT2D eigenvalue weighted by Crippen LogP contribution is -2.41. The highest BCUT2D eigenvalue weighted by molar-refractivity contribution is 6.31. The first-order valence-electron chi connectivity index (χ1n) is 6.24. The number of halogens is 1. The van der Waals surface area contributed by atoms with Gasteiger partial charge in [-0.3, -0.25) is 4.99 Å². The Balaban J connectivity index is 1.84. The monoisotopic (exact) mass is 273 g/mol. The van der Waals surface area contributed by atoms with Gasteiger partial charge >= 0.3 is 0 Å². The lowest BCUT2D eigenvalue weighted by molar-refractivity contribution is 0.316. The van der Waals surface area contributed by atoms with Crippen LogP contribution >= 0.6 is 11.6 Å². The van der Waals surface area contributed by atoms with Crippen LogP contribution in [0.5, 0.6) is 0 Å². The number of anilines is 1. The third kappa shape index (κ3) is 1.64. The lowest BCUT2D eigenvalue weighted by atomic mass is 10.1. The number of aliphatic imine (C=N–C) groups is 1. The van der Waals surface area contributed by atoms with Crippen LogP contribution in [0.3, 0.4) is 0 Å². The van der Waals surface area contributed by atoms with Gasteiger partial charge < -0.3 is 14.6 Å². The molecule has 5 heteroatoms. The minimum atomic E-state index is -0.0118. The summed E-state index contributed by atoms with van der Waals surface area (Å²) in [7, 11) is 0. The van der Waals surface area contributed by atoms with E-state index in [1.165, 1.54) is 0 Å². The van der Waals surface area contributed by atoms with E-state index in [0.29, 0.717) is 0 Å². The van der Waals surface area contributed by atoms with Crippen molar-refractivity contribution in [3.05, 3.63) is 52.9 Å². The minimum absolute atomic E-state index is 0.0118. The van der Waals surface area contributed by atoms with Crippen molar-refractivity contribution < 1.29 is 4.42 Å². The molecule has 0 bridgehead atoms. The van der Waals surface area contributed by atoms with Gasteiger partial charge in [0.1, 0.15) is 11.6 Å². The lowest BCUT2D eigenvalue weighted by Gasteiger charge is -2.36. The predicted molar refractivity (Wildman–Crippen MR) is 74.6 cm³/mol. The molecule has 2 aliphatic rings. The van der Waals surface area contributed by atoms with Crippen LogP contribution in [0.2, 0.25) is 5.02 Å². The summed E-state index contributed by atoms with van der Waals surface area (Å²) >= 11 is 6.08. The van der Waals surface area contributed by atoms with Crippen molar-refractivity contribution in [2.75, 3.05) is 18.4 Å². The molecule has 1 N–H and O–H groups in total. The minimum Gasteiger partial charge on any atom is -0.465 e. The largest absolute Gasteiger partial charge is 0.465 e. The fraction of sp³-hybridized carbons (Fsp3) is 0.214. The Labute approximate surface area is 115 Å². The van der Waals surface area contributed by atoms with Gasteiger partial charge in [0.15, 0.2) is 6.17 Å². The molecule has 2 aromatic rings. The van der Waals surface area contributed by atoms with Crippen LogP contribution in [-0.4, -0.2) is 23.8 Å². The molecule has 1 aromatic carbocycles. The van der Waals surface area contributed by atoms with E-state index in [1.54, 1.807) is 6.26 Å². The van der Waals surface area contributed by atoms with Gasteiger partial charge in [-0.1, -0.05) is 11.6 Å². The molecule has 0 aliphatic carbocycles. The van der Waals surface area contributed by atoms with Crippen molar-refractivity contribution in [1.82, 2.24) is 4.90 Å². The van der Waals surface area contributed by atoms with Crippen molar-refractivity contribution >= 4 is 23.1 Å². The highest BCUT2D eigenvalue weighted by Gasteiger charge is 2.34. The van der Waals surface area contributed by atoms with Gasteiger partial charge in [0.05, 0.1) is 12.8 Å². The fourth-order valence-electron chi connectivity index (χ4n) is 2.68. The highest BCUT2D eigenvalue weighted by atomic mass is 35.5. The van der Waals surface area contributed by atoms with Crippen molar-refractivity contribution in [3.63, 3.8) is 0 Å². The Morgan fingerprint density at radius 1 is 1.37 bits per heavy atom. The van der Waals surface area contributed by atoms with Crippen molar-refractivity contribution in [2.24, 2.45) is 4.99 Å². The Hall–Kier alpha value is -1.94. The van der Waals surface area contributed by atoms with E-state index < -0.39 is 0 Å². The zero-order valence-electron chi connectivity index (χ0n) is 10.1. The summed E-state index contributed by atoms with van der Waals surface area (Å²) in [4.78, 5) is 6.84. The number of furan rings is 1. The first-order valence-corrected chi connectivity index (χ1v) is 6.62. The van der Waals surface area contributed by atoms with Crippen LogP contribution in [0, 0.1) is 0 Å². The number of hydrogen-bond acceptors (Lipinski definition) is 4. The van der Waals surface area contributed by atoms with Crippen LogP contribution in [-0.2, 0) is 0 Å². The predicted octanol–water partition coefficient (Wildman–Crippen LogP) is 3.12. The van der Waals surface area contributed by atoms with E-state index in [2.05, 4.69) is 15.2 Å². The van der Waals surface area contributed by atoms with Crippen LogP contribution < -0.4 is 5.32 Å². The quantitative estimate of drug-likeness (QED) is 0.868. The van der Waals surface area contributed by atoms with Crippen molar-refractivity contribution in [1.29, 1.82) is 0 Å². The number of amidine groups is 1. The SMILES string of the molecule is Clc1ccc2c(c1)N[C@@H](c1ccco1)N1CCN=C21. The van der Waals surface area contributed by atoms with Crippen LogP contribution in [0.25, 0.3) is 0 Å². The molecule has 3 heterocycles. The Kier molecular flexibility index (Phi) is 2.32. The van der Waals surface area contributed by atoms with E-state index in [4.69, 9.17) is 16.0 Å². The average molecular weight is 274 g/mol. The molecule has 0 radical (unpaired) electrons. The third-order valence-electron chi connectivity index (χ3n) is 3.51. The molecule has 0 unspecified atom stereocenters. The van der Waals surface area contributed by atoms with Gasteiger partial charge in [0.2, 0.25) is 0 Å². The average Bonchev–Trinajstić information content (AvgIpc) is 3.08. The summed E-state index contributed by atoms with van der Waals surface area (Å²) in [5, 5.41) is 4.20. The molecular formula is C14H12ClN3O. The van der Waals surface area contributed by atoms with Gasteiger partial charge in [0, 0.05) is 22.8 Å². The molecule has 0 amide bonds. The zero-order valence-corrected chi connectivity index (χ0v) is 10.9. The molecule has 4 rings (SSSR count). The number of benzene rings is 1. The van der Waals surface area contributed by atoms with E-state index >= 15 is 0 Å². The van der Waals surface area contributed by atoms with E-state index in [0.717, 1.165) is 41.0 Å². The standard InChI is InChI=1S/C14H12ClN3O/c15-9-3-4-10-11(8-9)17-14(12-2-1-7-19-12)18-6-5-16-13(10)18/h1-4,7-8,14,17H,5-6H2/t14-/m1/s1. The summed E-state index contributed by atoms with van der Waals surface area (Å²) in [6.45, 7) is 1.71. The molecule has 0 saturated heterocycles. The van der Waals surface area contributed by atoms with Gasteiger partial charge in [-0.15, -0.1) is 0 Å². The van der Waals surface area contributed by atoms with Crippen LogP contribution in [0.4, 0.5) is 5.69 Å². The molecule has 19 heavy (non-hydrogen) atoms. The zero-order chi connectivity index (χ0) is 12.8. The maximum atomic E-state index is 6.08. The topological polar surface area (TPSA) is 40.8 Å². The summed E-state index contributed by atoms with van der Waals surface area (Å²) in [6.07, 6.45) is 1.68. The molecule has 0 fully saturated rings. The number of hydrogen-bond donors (Lipinski definition) is 1. The second kappa shape index (κ2) is 4.03. The Morgan fingerprint density at radius 2 is 2.32 bits per heavy atom. The molecule has 1 atom stereocenters. The Bertz CT molecular complexity index is 651. The molecular weight excluding hydrogens is 262 g/mol. The Morgan fingerprint density at radius 3 is 3.16 bits per heavy atom. The summed E-state index contributed by atoms with van der Waals surface area (Å²) < 4.78 is 5.53. The van der Waals surface area contributed by atoms with Gasteiger partial charge in [-0.25, -0.2) is 0 Å². The molecule has 96 valence electrons. The summed E-state index contributed by atoms with van der Waals surface area (Å²) in [6, 6.07) is 9.72. The second-order valence-electron chi connectivity index (χ2n) is 4.65. The summed E-state index contributed by atoms with van der Waals surface area (Å²) in [5.41, 5.74) is 2.11. The van der Waals surface area contributed by atoms with Crippen LogP contribution in [0.1, 0.15) is 17.5 Å². The van der Waals surface area contributed by atoms with E-state index in [9.17, 15) is 0 Å². The first-order chi connectivity index (χ1) is 9.33. The van der Waals surface area contributed by atoms with E-state index in [1.807, 2.05) is 30.3 Å². The molecule has 0 spiro atoms. The van der Waals surface area contributed by atoms with Crippen LogP contribution in [0.15, 0.2) is 46.0 Å². The number of rotatable bonds is 1. The first kappa shape index (κ1) is 10.9. The molecule has 1 aromatic heterocycles. The fourth-order valence-corrected chi connectivity index (χ4v) is 2.85. The maximum Gasteiger partial charge on any atom is 0.160 e. The van der Waals surface area contributed by atoms with Crippen molar-refractivity contribution in [2.45, 2.75) is 6.17 Å². The molecule has 2 aliphatic heterocycles.